The van der Waals surface area contributed by atoms with Crippen LogP contribution in [0.4, 0.5) is 13.2 Å². The zero-order valence-corrected chi connectivity index (χ0v) is 13.2. The Labute approximate surface area is 122 Å². The van der Waals surface area contributed by atoms with Gasteiger partial charge in [0.15, 0.2) is 0 Å². The van der Waals surface area contributed by atoms with Crippen LogP contribution in [0.3, 0.4) is 0 Å². The normalized spacial score (nSPS) is 16.2. The second-order valence-electron chi connectivity index (χ2n) is 6.56. The molecular formula is C14H23F3N2S. The highest BCUT2D eigenvalue weighted by atomic mass is 32.1. The van der Waals surface area contributed by atoms with Crippen molar-refractivity contribution in [2.75, 3.05) is 0 Å². The molecule has 3 N–H and O–H groups in total. The third-order valence-corrected chi connectivity index (χ3v) is 3.93. The molecule has 2 nitrogen and oxygen atoms in total. The highest BCUT2D eigenvalue weighted by molar-refractivity contribution is 7.08. The van der Waals surface area contributed by atoms with Crippen molar-refractivity contribution in [2.24, 2.45) is 17.2 Å². The number of hydrogen-bond acceptors (Lipinski definition) is 3. The van der Waals surface area contributed by atoms with Crippen molar-refractivity contribution < 1.29 is 13.2 Å². The molecule has 1 rings (SSSR count). The Kier molecular flexibility index (Phi) is 5.63. The van der Waals surface area contributed by atoms with Crippen LogP contribution in [0.1, 0.15) is 57.7 Å². The molecule has 0 aliphatic carbocycles. The van der Waals surface area contributed by atoms with E-state index in [0.717, 1.165) is 23.1 Å². The van der Waals surface area contributed by atoms with Crippen molar-refractivity contribution in [3.63, 3.8) is 0 Å². The van der Waals surface area contributed by atoms with Gasteiger partial charge >= 0.3 is 6.18 Å². The molecule has 1 heterocycles. The van der Waals surface area contributed by atoms with E-state index >= 15 is 0 Å². The molecule has 0 amide bonds. The Morgan fingerprint density at radius 3 is 2.30 bits per heavy atom. The van der Waals surface area contributed by atoms with Crippen LogP contribution in [0.25, 0.3) is 0 Å². The first-order chi connectivity index (χ1) is 9.04. The zero-order valence-electron chi connectivity index (χ0n) is 12.3. The molecule has 20 heavy (non-hydrogen) atoms. The average Bonchev–Trinajstić information content (AvgIpc) is 2.71. The number of nitrogens with two attached hydrogens (primary N) is 1. The van der Waals surface area contributed by atoms with E-state index in [9.17, 15) is 13.2 Å². The molecule has 1 aromatic rings. The Morgan fingerprint density at radius 1 is 1.25 bits per heavy atom. The first-order valence-corrected chi connectivity index (χ1v) is 7.58. The van der Waals surface area contributed by atoms with Crippen molar-refractivity contribution in [3.05, 3.63) is 21.9 Å². The molecule has 0 aromatic carbocycles. The molecule has 116 valence electrons. The molecule has 2 unspecified atom stereocenters. The lowest BCUT2D eigenvalue weighted by molar-refractivity contribution is -0.138. The molecule has 0 saturated heterocycles. The molecule has 0 saturated carbocycles. The number of thiophene rings is 1. The molecule has 0 fully saturated rings. The maximum absolute atomic E-state index is 12.9. The number of halogens is 3. The summed E-state index contributed by atoms with van der Waals surface area (Å²) >= 11 is 1.06. The lowest BCUT2D eigenvalue weighted by atomic mass is 9.82. The highest BCUT2D eigenvalue weighted by Crippen LogP contribution is 2.39. The van der Waals surface area contributed by atoms with Gasteiger partial charge in [-0.25, -0.2) is 0 Å². The summed E-state index contributed by atoms with van der Waals surface area (Å²) in [5, 5.41) is 2.69. The van der Waals surface area contributed by atoms with Crippen LogP contribution >= 0.6 is 11.3 Å². The van der Waals surface area contributed by atoms with E-state index in [0.29, 0.717) is 6.42 Å². The third kappa shape index (κ3) is 5.07. The van der Waals surface area contributed by atoms with Gasteiger partial charge in [0.25, 0.3) is 0 Å². The summed E-state index contributed by atoms with van der Waals surface area (Å²) in [6.45, 7) is 8.43. The predicted octanol–water partition coefficient (Wildman–Crippen LogP) is 4.73. The van der Waals surface area contributed by atoms with E-state index in [2.05, 4.69) is 33.1 Å². The quantitative estimate of drug-likeness (QED) is 0.609. The van der Waals surface area contributed by atoms with Gasteiger partial charge in [-0.15, -0.1) is 0 Å². The molecule has 0 aliphatic heterocycles. The molecule has 1 aromatic heterocycles. The number of rotatable bonds is 5. The van der Waals surface area contributed by atoms with Crippen LogP contribution < -0.4 is 11.3 Å². The molecule has 6 heteroatoms. The highest BCUT2D eigenvalue weighted by Gasteiger charge is 2.36. The average molecular weight is 308 g/mol. The molecular weight excluding hydrogens is 285 g/mol. The summed E-state index contributed by atoms with van der Waals surface area (Å²) in [5.74, 6) is 5.76. The molecule has 0 spiro atoms. The van der Waals surface area contributed by atoms with Crippen LogP contribution in [0.2, 0.25) is 0 Å². The van der Waals surface area contributed by atoms with Gasteiger partial charge in [-0.05, 0) is 35.1 Å². The van der Waals surface area contributed by atoms with E-state index in [4.69, 9.17) is 5.84 Å². The summed E-state index contributed by atoms with van der Waals surface area (Å²) in [6, 6.07) is -0.463. The lowest BCUT2D eigenvalue weighted by Crippen LogP contribution is -2.31. The van der Waals surface area contributed by atoms with E-state index in [1.54, 1.807) is 0 Å². The first kappa shape index (κ1) is 17.5. The molecule has 0 radical (unpaired) electrons. The van der Waals surface area contributed by atoms with E-state index in [-0.39, 0.29) is 16.9 Å². The van der Waals surface area contributed by atoms with Crippen LogP contribution in [0.5, 0.6) is 0 Å². The van der Waals surface area contributed by atoms with Gasteiger partial charge in [0.05, 0.1) is 5.56 Å². The lowest BCUT2D eigenvalue weighted by Gasteiger charge is -2.27. The molecule has 2 atom stereocenters. The van der Waals surface area contributed by atoms with Gasteiger partial charge in [-0.1, -0.05) is 27.7 Å². The van der Waals surface area contributed by atoms with Crippen molar-refractivity contribution in [1.29, 1.82) is 0 Å². The van der Waals surface area contributed by atoms with Crippen LogP contribution in [0, 0.1) is 11.3 Å². The summed E-state index contributed by atoms with van der Waals surface area (Å²) in [4.78, 5) is 0. The Bertz CT molecular complexity index is 421. The SMILES string of the molecule is CC(CC(NN)c1cscc1C(F)(F)F)CC(C)(C)C. The third-order valence-electron chi connectivity index (χ3n) is 3.17. The largest absolute Gasteiger partial charge is 0.417 e. The van der Waals surface area contributed by atoms with Gasteiger partial charge in [0, 0.05) is 11.4 Å². The Balaban J connectivity index is 2.85. The molecule has 0 bridgehead atoms. The van der Waals surface area contributed by atoms with Gasteiger partial charge in [0.2, 0.25) is 0 Å². The van der Waals surface area contributed by atoms with Crippen LogP contribution in [0.15, 0.2) is 10.8 Å². The van der Waals surface area contributed by atoms with Crippen molar-refractivity contribution >= 4 is 11.3 Å². The number of alkyl halides is 3. The van der Waals surface area contributed by atoms with Gasteiger partial charge in [-0.3, -0.25) is 11.3 Å². The van der Waals surface area contributed by atoms with Gasteiger partial charge in [0.1, 0.15) is 0 Å². The van der Waals surface area contributed by atoms with E-state index in [1.807, 2.05) is 0 Å². The summed E-state index contributed by atoms with van der Waals surface area (Å²) in [5.41, 5.74) is 2.37. The minimum Gasteiger partial charge on any atom is -0.271 e. The second kappa shape index (κ2) is 6.45. The Hall–Kier alpha value is -0.590. The standard InChI is InChI=1S/C14H23F3N2S/c1-9(6-13(2,3)4)5-12(19-18)10-7-20-8-11(10)14(15,16)17/h7-9,12,19H,5-6,18H2,1-4H3. The first-order valence-electron chi connectivity index (χ1n) is 6.64. The predicted molar refractivity (Wildman–Crippen MR) is 77.2 cm³/mol. The maximum Gasteiger partial charge on any atom is 0.417 e. The fraction of sp³-hybridized carbons (Fsp3) is 0.714. The smallest absolute Gasteiger partial charge is 0.271 e. The molecule has 0 aliphatic rings. The van der Waals surface area contributed by atoms with Gasteiger partial charge < -0.3 is 0 Å². The second-order valence-corrected chi connectivity index (χ2v) is 7.31. The topological polar surface area (TPSA) is 38.0 Å². The summed E-state index contributed by atoms with van der Waals surface area (Å²) in [6.07, 6.45) is -2.79. The monoisotopic (exact) mass is 308 g/mol. The zero-order chi connectivity index (χ0) is 15.6. The maximum atomic E-state index is 12.9. The van der Waals surface area contributed by atoms with Crippen molar-refractivity contribution in [3.8, 4) is 0 Å². The van der Waals surface area contributed by atoms with Crippen molar-refractivity contribution in [2.45, 2.75) is 52.8 Å². The van der Waals surface area contributed by atoms with Crippen LogP contribution in [-0.4, -0.2) is 0 Å². The van der Waals surface area contributed by atoms with Gasteiger partial charge in [-0.2, -0.15) is 24.5 Å². The number of hydrogen-bond donors (Lipinski definition) is 2. The fourth-order valence-electron chi connectivity index (χ4n) is 2.62. The summed E-state index contributed by atoms with van der Waals surface area (Å²) in [7, 11) is 0. The van der Waals surface area contributed by atoms with Crippen molar-refractivity contribution in [1.82, 2.24) is 5.43 Å². The number of hydrazine groups is 1. The van der Waals surface area contributed by atoms with E-state index in [1.165, 1.54) is 5.38 Å². The summed E-state index contributed by atoms with van der Waals surface area (Å²) < 4.78 is 38.8. The number of nitrogens with one attached hydrogen (secondary N) is 1. The minimum absolute atomic E-state index is 0.153. The minimum atomic E-state index is -4.32. The van der Waals surface area contributed by atoms with Crippen LogP contribution in [-0.2, 0) is 6.18 Å². The Morgan fingerprint density at radius 2 is 1.85 bits per heavy atom. The van der Waals surface area contributed by atoms with E-state index < -0.39 is 17.8 Å². The fourth-order valence-corrected chi connectivity index (χ4v) is 3.53.